The highest BCUT2D eigenvalue weighted by atomic mass is 16.5. The van der Waals surface area contributed by atoms with Gasteiger partial charge in [0.2, 0.25) is 5.91 Å². The first-order valence-corrected chi connectivity index (χ1v) is 5.78. The predicted octanol–water partition coefficient (Wildman–Crippen LogP) is 2.47. The third-order valence-corrected chi connectivity index (χ3v) is 2.89. The maximum absolute atomic E-state index is 11.5. The summed E-state index contributed by atoms with van der Waals surface area (Å²) in [6.45, 7) is 0. The van der Waals surface area contributed by atoms with E-state index in [1.807, 2.05) is 18.2 Å². The van der Waals surface area contributed by atoms with Gasteiger partial charge in [-0.1, -0.05) is 18.2 Å². The van der Waals surface area contributed by atoms with Crippen molar-refractivity contribution in [1.29, 1.82) is 0 Å². The Labute approximate surface area is 111 Å². The van der Waals surface area contributed by atoms with Crippen LogP contribution in [0.2, 0.25) is 0 Å². The number of benzene rings is 2. The summed E-state index contributed by atoms with van der Waals surface area (Å²) in [7, 11) is 3.17. The van der Waals surface area contributed by atoms with Gasteiger partial charge >= 0.3 is 0 Å². The minimum atomic E-state index is -0.472. The summed E-state index contributed by atoms with van der Waals surface area (Å²) in [5, 5.41) is 0. The van der Waals surface area contributed by atoms with Gasteiger partial charge in [-0.05, 0) is 29.8 Å². The minimum absolute atomic E-state index is 0.453. The summed E-state index contributed by atoms with van der Waals surface area (Å²) in [4.78, 5) is 11.5. The number of carbonyl (C=O) groups is 1. The van der Waals surface area contributed by atoms with Crippen LogP contribution >= 0.6 is 0 Å². The Morgan fingerprint density at radius 1 is 1.00 bits per heavy atom. The predicted molar refractivity (Wildman–Crippen MR) is 73.5 cm³/mol. The van der Waals surface area contributed by atoms with E-state index in [-0.39, 0.29) is 0 Å². The molecule has 0 spiro atoms. The van der Waals surface area contributed by atoms with E-state index in [0.717, 1.165) is 11.1 Å². The van der Waals surface area contributed by atoms with E-state index in [4.69, 9.17) is 15.2 Å². The first-order valence-electron chi connectivity index (χ1n) is 5.78. The molecule has 19 heavy (non-hydrogen) atoms. The maximum atomic E-state index is 11.5. The SMILES string of the molecule is COc1ccc(OC)c(-c2ccccc2C(N)=O)c1. The van der Waals surface area contributed by atoms with Crippen LogP contribution < -0.4 is 15.2 Å². The zero-order chi connectivity index (χ0) is 13.8. The molecule has 0 heterocycles. The molecule has 0 atom stereocenters. The van der Waals surface area contributed by atoms with Crippen molar-refractivity contribution in [3.05, 3.63) is 48.0 Å². The Hall–Kier alpha value is -2.49. The van der Waals surface area contributed by atoms with Crippen molar-refractivity contribution >= 4 is 5.91 Å². The van der Waals surface area contributed by atoms with Gasteiger partial charge in [-0.15, -0.1) is 0 Å². The van der Waals surface area contributed by atoms with Gasteiger partial charge in [0.15, 0.2) is 0 Å². The van der Waals surface area contributed by atoms with Gasteiger partial charge in [0, 0.05) is 11.1 Å². The van der Waals surface area contributed by atoms with Crippen LogP contribution in [-0.4, -0.2) is 20.1 Å². The fraction of sp³-hybridized carbons (Fsp3) is 0.133. The molecule has 2 aromatic rings. The smallest absolute Gasteiger partial charge is 0.249 e. The summed E-state index contributed by atoms with van der Waals surface area (Å²) < 4.78 is 10.5. The number of primary amides is 1. The monoisotopic (exact) mass is 257 g/mol. The molecule has 0 saturated carbocycles. The number of rotatable bonds is 4. The summed E-state index contributed by atoms with van der Waals surface area (Å²) in [6, 6.07) is 12.6. The van der Waals surface area contributed by atoms with E-state index < -0.39 is 5.91 Å². The summed E-state index contributed by atoms with van der Waals surface area (Å²) in [6.07, 6.45) is 0. The summed E-state index contributed by atoms with van der Waals surface area (Å²) in [5.74, 6) is 0.880. The third kappa shape index (κ3) is 2.52. The van der Waals surface area contributed by atoms with Gasteiger partial charge < -0.3 is 15.2 Å². The minimum Gasteiger partial charge on any atom is -0.497 e. The average Bonchev–Trinajstić information content (AvgIpc) is 2.46. The first-order chi connectivity index (χ1) is 9.17. The van der Waals surface area contributed by atoms with Crippen LogP contribution in [0.4, 0.5) is 0 Å². The zero-order valence-electron chi connectivity index (χ0n) is 10.8. The molecule has 0 aromatic heterocycles. The van der Waals surface area contributed by atoms with Gasteiger partial charge in [-0.25, -0.2) is 0 Å². The number of amides is 1. The van der Waals surface area contributed by atoms with E-state index in [1.54, 1.807) is 38.5 Å². The average molecular weight is 257 g/mol. The highest BCUT2D eigenvalue weighted by Gasteiger charge is 2.14. The van der Waals surface area contributed by atoms with Crippen LogP contribution in [-0.2, 0) is 0 Å². The summed E-state index contributed by atoms with van der Waals surface area (Å²) >= 11 is 0. The second kappa shape index (κ2) is 5.44. The Bertz CT molecular complexity index is 608. The van der Waals surface area contributed by atoms with Crippen molar-refractivity contribution in [2.75, 3.05) is 14.2 Å². The highest BCUT2D eigenvalue weighted by molar-refractivity contribution is 6.00. The largest absolute Gasteiger partial charge is 0.497 e. The molecular formula is C15H15NO3. The molecule has 4 nitrogen and oxygen atoms in total. The zero-order valence-corrected chi connectivity index (χ0v) is 10.8. The number of methoxy groups -OCH3 is 2. The molecule has 2 N–H and O–H groups in total. The lowest BCUT2D eigenvalue weighted by Crippen LogP contribution is -2.12. The van der Waals surface area contributed by atoms with Gasteiger partial charge in [-0.3, -0.25) is 4.79 Å². The fourth-order valence-electron chi connectivity index (χ4n) is 1.96. The first kappa shape index (κ1) is 13.0. The number of hydrogen-bond donors (Lipinski definition) is 1. The lowest BCUT2D eigenvalue weighted by Gasteiger charge is -2.12. The molecule has 0 radical (unpaired) electrons. The molecular weight excluding hydrogens is 242 g/mol. The van der Waals surface area contributed by atoms with Crippen LogP contribution in [0.1, 0.15) is 10.4 Å². The number of ether oxygens (including phenoxy) is 2. The van der Waals surface area contributed by atoms with Crippen LogP contribution in [0.25, 0.3) is 11.1 Å². The van der Waals surface area contributed by atoms with Crippen molar-refractivity contribution < 1.29 is 14.3 Å². The normalized spacial score (nSPS) is 10.0. The molecule has 98 valence electrons. The van der Waals surface area contributed by atoms with Crippen molar-refractivity contribution in [2.24, 2.45) is 5.73 Å². The van der Waals surface area contributed by atoms with Crippen LogP contribution in [0.3, 0.4) is 0 Å². The molecule has 0 fully saturated rings. The van der Waals surface area contributed by atoms with Crippen LogP contribution in [0, 0.1) is 0 Å². The molecule has 0 aliphatic carbocycles. The van der Waals surface area contributed by atoms with Crippen LogP contribution in [0.15, 0.2) is 42.5 Å². The van der Waals surface area contributed by atoms with Crippen molar-refractivity contribution in [3.63, 3.8) is 0 Å². The Morgan fingerprint density at radius 3 is 2.37 bits per heavy atom. The Balaban J connectivity index is 2.66. The number of hydrogen-bond acceptors (Lipinski definition) is 3. The van der Waals surface area contributed by atoms with E-state index in [1.165, 1.54) is 0 Å². The molecule has 0 saturated heterocycles. The molecule has 0 unspecified atom stereocenters. The molecule has 4 heteroatoms. The lowest BCUT2D eigenvalue weighted by atomic mass is 9.98. The van der Waals surface area contributed by atoms with Gasteiger partial charge in [-0.2, -0.15) is 0 Å². The standard InChI is InChI=1S/C15H15NO3/c1-18-10-7-8-14(19-2)13(9-10)11-5-3-4-6-12(11)15(16)17/h3-9H,1-2H3,(H2,16,17). The van der Waals surface area contributed by atoms with Gasteiger partial charge in [0.05, 0.1) is 14.2 Å². The van der Waals surface area contributed by atoms with E-state index in [0.29, 0.717) is 17.1 Å². The fourth-order valence-corrected chi connectivity index (χ4v) is 1.96. The quantitative estimate of drug-likeness (QED) is 0.915. The summed E-state index contributed by atoms with van der Waals surface area (Å²) in [5.41, 5.74) is 7.36. The highest BCUT2D eigenvalue weighted by Crippen LogP contribution is 2.35. The Morgan fingerprint density at radius 2 is 1.74 bits per heavy atom. The molecule has 0 bridgehead atoms. The van der Waals surface area contributed by atoms with Gasteiger partial charge in [0.25, 0.3) is 0 Å². The maximum Gasteiger partial charge on any atom is 0.249 e. The molecule has 0 aliphatic rings. The lowest BCUT2D eigenvalue weighted by molar-refractivity contribution is 0.100. The molecule has 2 aromatic carbocycles. The Kier molecular flexibility index (Phi) is 3.71. The van der Waals surface area contributed by atoms with E-state index >= 15 is 0 Å². The van der Waals surface area contributed by atoms with Crippen molar-refractivity contribution in [1.82, 2.24) is 0 Å². The second-order valence-electron chi connectivity index (χ2n) is 3.98. The van der Waals surface area contributed by atoms with Crippen LogP contribution in [0.5, 0.6) is 11.5 Å². The molecule has 2 rings (SSSR count). The van der Waals surface area contributed by atoms with Crippen molar-refractivity contribution in [3.8, 4) is 22.6 Å². The van der Waals surface area contributed by atoms with E-state index in [2.05, 4.69) is 0 Å². The van der Waals surface area contributed by atoms with Gasteiger partial charge in [0.1, 0.15) is 11.5 Å². The number of carbonyl (C=O) groups excluding carboxylic acids is 1. The third-order valence-electron chi connectivity index (χ3n) is 2.89. The second-order valence-corrected chi connectivity index (χ2v) is 3.98. The number of nitrogens with two attached hydrogens (primary N) is 1. The molecule has 0 aliphatic heterocycles. The van der Waals surface area contributed by atoms with E-state index in [9.17, 15) is 4.79 Å². The molecule has 1 amide bonds. The van der Waals surface area contributed by atoms with Crippen molar-refractivity contribution in [2.45, 2.75) is 0 Å². The topological polar surface area (TPSA) is 61.6 Å².